The molecule has 0 spiro atoms. The van der Waals surface area contributed by atoms with Gasteiger partial charge in [0.15, 0.2) is 0 Å². The first-order valence-corrected chi connectivity index (χ1v) is 8.67. The van der Waals surface area contributed by atoms with Crippen LogP contribution in [0.1, 0.15) is 15.2 Å². The molecule has 0 aliphatic rings. The van der Waals surface area contributed by atoms with Gasteiger partial charge in [-0.3, -0.25) is 4.79 Å². The standard InChI is InChI=1S/C17H12FNOS2/c1-21-14-8-4-12(5-9-14)16(20)17-15(19-10-22-17)11-2-6-13(18)7-3-11/h2-10H,1H3. The van der Waals surface area contributed by atoms with Crippen LogP contribution in [0.2, 0.25) is 0 Å². The third-order valence-electron chi connectivity index (χ3n) is 3.24. The number of benzene rings is 2. The summed E-state index contributed by atoms with van der Waals surface area (Å²) >= 11 is 2.93. The summed E-state index contributed by atoms with van der Waals surface area (Å²) in [4.78, 5) is 18.6. The van der Waals surface area contributed by atoms with Gasteiger partial charge in [-0.2, -0.15) is 0 Å². The Balaban J connectivity index is 1.96. The molecule has 0 aliphatic heterocycles. The number of thioether (sulfide) groups is 1. The first kappa shape index (κ1) is 14.9. The number of nitrogens with zero attached hydrogens (tertiary/aromatic N) is 1. The minimum absolute atomic E-state index is 0.0607. The molecule has 0 aliphatic carbocycles. The van der Waals surface area contributed by atoms with Crippen molar-refractivity contribution < 1.29 is 9.18 Å². The van der Waals surface area contributed by atoms with E-state index in [0.717, 1.165) is 10.5 Å². The summed E-state index contributed by atoms with van der Waals surface area (Å²) in [5, 5.41) is 0. The van der Waals surface area contributed by atoms with E-state index in [9.17, 15) is 9.18 Å². The van der Waals surface area contributed by atoms with Crippen molar-refractivity contribution in [2.75, 3.05) is 6.26 Å². The smallest absolute Gasteiger partial charge is 0.205 e. The Morgan fingerprint density at radius 2 is 1.77 bits per heavy atom. The van der Waals surface area contributed by atoms with Gasteiger partial charge in [-0.1, -0.05) is 0 Å². The molecule has 0 fully saturated rings. The fourth-order valence-electron chi connectivity index (χ4n) is 2.09. The second-order valence-corrected chi connectivity index (χ2v) is 6.33. The summed E-state index contributed by atoms with van der Waals surface area (Å²) in [6.07, 6.45) is 1.99. The van der Waals surface area contributed by atoms with Gasteiger partial charge in [0.1, 0.15) is 10.7 Å². The molecule has 0 saturated carbocycles. The van der Waals surface area contributed by atoms with Crippen LogP contribution in [0.25, 0.3) is 11.3 Å². The SMILES string of the molecule is CSc1ccc(C(=O)c2scnc2-c2ccc(F)cc2)cc1. The number of carbonyl (C=O) groups excluding carboxylic acids is 1. The van der Waals surface area contributed by atoms with Crippen LogP contribution in [0.4, 0.5) is 4.39 Å². The Morgan fingerprint density at radius 1 is 1.09 bits per heavy atom. The van der Waals surface area contributed by atoms with E-state index in [2.05, 4.69) is 4.98 Å². The molecule has 0 bridgehead atoms. The maximum absolute atomic E-state index is 13.0. The van der Waals surface area contributed by atoms with E-state index in [1.807, 2.05) is 30.5 Å². The van der Waals surface area contributed by atoms with Gasteiger partial charge in [-0.05, 0) is 54.8 Å². The maximum Gasteiger partial charge on any atom is 0.205 e. The second-order valence-electron chi connectivity index (χ2n) is 4.59. The topological polar surface area (TPSA) is 30.0 Å². The predicted molar refractivity (Wildman–Crippen MR) is 89.2 cm³/mol. The van der Waals surface area contributed by atoms with Gasteiger partial charge >= 0.3 is 0 Å². The van der Waals surface area contributed by atoms with Crippen LogP contribution >= 0.6 is 23.1 Å². The largest absolute Gasteiger partial charge is 0.288 e. The van der Waals surface area contributed by atoms with Gasteiger partial charge in [0, 0.05) is 16.0 Å². The van der Waals surface area contributed by atoms with Crippen LogP contribution in [0.5, 0.6) is 0 Å². The molecule has 1 aromatic heterocycles. The van der Waals surface area contributed by atoms with Crippen molar-refractivity contribution in [1.29, 1.82) is 0 Å². The Hall–Kier alpha value is -1.98. The Labute approximate surface area is 136 Å². The van der Waals surface area contributed by atoms with Crippen LogP contribution in [-0.2, 0) is 0 Å². The summed E-state index contributed by atoms with van der Waals surface area (Å²) in [5.41, 5.74) is 3.61. The molecular formula is C17H12FNOS2. The lowest BCUT2D eigenvalue weighted by molar-refractivity contribution is 0.104. The normalized spacial score (nSPS) is 10.6. The van der Waals surface area contributed by atoms with Gasteiger partial charge in [0.25, 0.3) is 0 Å². The summed E-state index contributed by atoms with van der Waals surface area (Å²) < 4.78 is 13.0. The average molecular weight is 329 g/mol. The number of thiazole rings is 1. The monoisotopic (exact) mass is 329 g/mol. The first-order valence-electron chi connectivity index (χ1n) is 6.57. The number of hydrogen-bond acceptors (Lipinski definition) is 4. The molecule has 1 heterocycles. The van der Waals surface area contributed by atoms with Crippen LogP contribution in [-0.4, -0.2) is 17.0 Å². The average Bonchev–Trinajstić information content (AvgIpc) is 3.04. The van der Waals surface area contributed by atoms with Crippen molar-refractivity contribution >= 4 is 28.9 Å². The zero-order valence-electron chi connectivity index (χ0n) is 11.7. The molecule has 0 radical (unpaired) electrons. The number of aromatic nitrogens is 1. The van der Waals surface area contributed by atoms with E-state index in [1.165, 1.54) is 23.5 Å². The third-order valence-corrected chi connectivity index (χ3v) is 4.81. The van der Waals surface area contributed by atoms with Gasteiger partial charge < -0.3 is 0 Å². The molecule has 5 heteroatoms. The molecule has 0 N–H and O–H groups in total. The molecule has 22 heavy (non-hydrogen) atoms. The zero-order valence-corrected chi connectivity index (χ0v) is 13.4. The Bertz CT molecular complexity index is 794. The molecule has 110 valence electrons. The van der Waals surface area contributed by atoms with Crippen molar-refractivity contribution in [1.82, 2.24) is 4.98 Å². The van der Waals surface area contributed by atoms with Crippen molar-refractivity contribution in [2.45, 2.75) is 4.90 Å². The zero-order chi connectivity index (χ0) is 15.5. The van der Waals surface area contributed by atoms with Crippen LogP contribution < -0.4 is 0 Å². The highest BCUT2D eigenvalue weighted by molar-refractivity contribution is 7.98. The van der Waals surface area contributed by atoms with E-state index in [0.29, 0.717) is 16.1 Å². The Morgan fingerprint density at radius 3 is 2.41 bits per heavy atom. The van der Waals surface area contributed by atoms with Crippen molar-refractivity contribution in [3.63, 3.8) is 0 Å². The van der Waals surface area contributed by atoms with E-state index >= 15 is 0 Å². The number of rotatable bonds is 4. The maximum atomic E-state index is 13.0. The van der Waals surface area contributed by atoms with E-state index in [4.69, 9.17) is 0 Å². The highest BCUT2D eigenvalue weighted by Crippen LogP contribution is 2.28. The number of carbonyl (C=O) groups is 1. The lowest BCUT2D eigenvalue weighted by atomic mass is 10.1. The van der Waals surface area contributed by atoms with E-state index < -0.39 is 0 Å². The lowest BCUT2D eigenvalue weighted by Crippen LogP contribution is -2.00. The highest BCUT2D eigenvalue weighted by Gasteiger charge is 2.18. The molecule has 3 aromatic rings. The minimum Gasteiger partial charge on any atom is -0.288 e. The Kier molecular flexibility index (Phi) is 4.36. The molecule has 3 rings (SSSR count). The van der Waals surface area contributed by atoms with Gasteiger partial charge in [-0.15, -0.1) is 23.1 Å². The quantitative estimate of drug-likeness (QED) is 0.503. The van der Waals surface area contributed by atoms with Gasteiger partial charge in [0.05, 0.1) is 11.2 Å². The third kappa shape index (κ3) is 2.96. The van der Waals surface area contributed by atoms with Crippen LogP contribution in [0.3, 0.4) is 0 Å². The lowest BCUT2D eigenvalue weighted by Gasteiger charge is -2.03. The minimum atomic E-state index is -0.306. The summed E-state index contributed by atoms with van der Waals surface area (Å²) in [6, 6.07) is 13.5. The van der Waals surface area contributed by atoms with Crippen LogP contribution in [0.15, 0.2) is 58.9 Å². The number of hydrogen-bond donors (Lipinski definition) is 0. The van der Waals surface area contributed by atoms with Gasteiger partial charge in [0.2, 0.25) is 5.78 Å². The second kappa shape index (κ2) is 6.42. The fraction of sp³-hybridized carbons (Fsp3) is 0.0588. The highest BCUT2D eigenvalue weighted by atomic mass is 32.2. The van der Waals surface area contributed by atoms with Crippen molar-refractivity contribution in [2.24, 2.45) is 0 Å². The summed E-state index contributed by atoms with van der Waals surface area (Å²) in [6.45, 7) is 0. The molecule has 0 atom stereocenters. The molecular weight excluding hydrogens is 317 g/mol. The molecule has 0 amide bonds. The van der Waals surface area contributed by atoms with Gasteiger partial charge in [-0.25, -0.2) is 9.37 Å². The van der Waals surface area contributed by atoms with Crippen molar-refractivity contribution in [3.05, 3.63) is 70.3 Å². The molecule has 2 nitrogen and oxygen atoms in total. The molecule has 0 unspecified atom stereocenters. The number of ketones is 1. The fourth-order valence-corrected chi connectivity index (χ4v) is 3.27. The summed E-state index contributed by atoms with van der Waals surface area (Å²) in [7, 11) is 0. The molecule has 2 aromatic carbocycles. The van der Waals surface area contributed by atoms with E-state index in [1.54, 1.807) is 29.4 Å². The van der Waals surface area contributed by atoms with E-state index in [-0.39, 0.29) is 11.6 Å². The summed E-state index contributed by atoms with van der Waals surface area (Å²) in [5.74, 6) is -0.367. The number of halogens is 1. The first-order chi connectivity index (χ1) is 10.7. The van der Waals surface area contributed by atoms with Crippen LogP contribution in [0, 0.1) is 5.82 Å². The van der Waals surface area contributed by atoms with Crippen molar-refractivity contribution in [3.8, 4) is 11.3 Å². The molecule has 0 saturated heterocycles. The predicted octanol–water partition coefficient (Wildman–Crippen LogP) is 4.90.